The van der Waals surface area contributed by atoms with Gasteiger partial charge in [-0.25, -0.2) is 0 Å². The van der Waals surface area contributed by atoms with E-state index in [0.29, 0.717) is 5.41 Å². The van der Waals surface area contributed by atoms with Crippen molar-refractivity contribution >= 4 is 0 Å². The van der Waals surface area contributed by atoms with Crippen molar-refractivity contribution in [3.05, 3.63) is 24.3 Å². The average Bonchev–Trinajstić information content (AvgIpc) is 2.72. The highest BCUT2D eigenvalue weighted by Crippen LogP contribution is 2.65. The second kappa shape index (κ2) is 6.88. The first-order chi connectivity index (χ1) is 9.96. The minimum atomic E-state index is -0.702. The maximum absolute atomic E-state index is 9.81. The number of hydrogen-bond acceptors (Lipinski definition) is 2. The van der Waals surface area contributed by atoms with Crippen LogP contribution in [0, 0.1) is 16.7 Å². The lowest BCUT2D eigenvalue weighted by atomic mass is 9.70. The van der Waals surface area contributed by atoms with Crippen molar-refractivity contribution in [1.82, 2.24) is 0 Å². The number of allylic oxidation sites excluding steroid dienone is 2. The van der Waals surface area contributed by atoms with Gasteiger partial charge in [0.15, 0.2) is 0 Å². The third kappa shape index (κ3) is 4.02. The first-order valence-electron chi connectivity index (χ1n) is 8.63. The molecule has 2 heteroatoms. The van der Waals surface area contributed by atoms with Crippen LogP contribution in [-0.4, -0.2) is 21.9 Å². The van der Waals surface area contributed by atoms with Crippen LogP contribution in [0.4, 0.5) is 0 Å². The van der Waals surface area contributed by atoms with Crippen LogP contribution in [-0.2, 0) is 0 Å². The number of hydrogen-bond donors (Lipinski definition) is 2. The summed E-state index contributed by atoms with van der Waals surface area (Å²) >= 11 is 0. The molecule has 1 unspecified atom stereocenters. The van der Waals surface area contributed by atoms with Gasteiger partial charge in [0.2, 0.25) is 0 Å². The van der Waals surface area contributed by atoms with Gasteiger partial charge >= 0.3 is 0 Å². The highest BCUT2D eigenvalue weighted by Gasteiger charge is 2.60. The van der Waals surface area contributed by atoms with Crippen molar-refractivity contribution in [2.24, 2.45) is 16.7 Å². The van der Waals surface area contributed by atoms with Gasteiger partial charge in [-0.2, -0.15) is 0 Å². The van der Waals surface area contributed by atoms with Gasteiger partial charge in [-0.15, -0.1) is 6.58 Å². The molecule has 0 spiro atoms. The molecular weight excluding hydrogens is 272 g/mol. The average molecular weight is 309 g/mol. The zero-order chi connectivity index (χ0) is 17.2. The molecule has 4 atom stereocenters. The van der Waals surface area contributed by atoms with Crippen molar-refractivity contribution < 1.29 is 10.2 Å². The molecule has 2 aliphatic rings. The molecule has 2 nitrogen and oxygen atoms in total. The Bertz CT molecular complexity index is 415. The molecule has 128 valence electrons. The molecule has 2 fully saturated rings. The van der Waals surface area contributed by atoms with Gasteiger partial charge in [-0.1, -0.05) is 38.5 Å². The van der Waals surface area contributed by atoms with E-state index in [-0.39, 0.29) is 11.5 Å². The van der Waals surface area contributed by atoms with Crippen LogP contribution in [0.3, 0.4) is 0 Å². The predicted octanol–water partition coefficient (Wildman–Crippen LogP) is 4.86. The van der Waals surface area contributed by atoms with E-state index in [9.17, 15) is 10.2 Å². The lowest BCUT2D eigenvalue weighted by Gasteiger charge is -2.36. The summed E-state index contributed by atoms with van der Waals surface area (Å²) in [6.07, 6.45) is 8.96. The zero-order valence-electron chi connectivity index (χ0n) is 15.4. The molecule has 2 rings (SSSR count). The van der Waals surface area contributed by atoms with Crippen LogP contribution in [0.1, 0.15) is 73.6 Å². The summed E-state index contributed by atoms with van der Waals surface area (Å²) in [5.41, 5.74) is 1.20. The third-order valence-electron chi connectivity index (χ3n) is 6.39. The maximum atomic E-state index is 9.81. The fourth-order valence-corrected chi connectivity index (χ4v) is 3.92. The topological polar surface area (TPSA) is 40.5 Å². The lowest BCUT2D eigenvalue weighted by molar-refractivity contribution is 0.0126. The Balaban J connectivity index is 0.000000220. The molecular formula is C20H36O2. The number of rotatable bonds is 4. The second-order valence-electron chi connectivity index (χ2n) is 8.51. The molecule has 0 radical (unpaired) electrons. The van der Waals surface area contributed by atoms with Gasteiger partial charge in [-0.05, 0) is 69.6 Å². The lowest BCUT2D eigenvalue weighted by Crippen LogP contribution is -2.35. The van der Waals surface area contributed by atoms with Crippen molar-refractivity contribution in [2.75, 3.05) is 0 Å². The van der Waals surface area contributed by atoms with E-state index in [1.807, 2.05) is 0 Å². The fraction of sp³-hybridized carbons (Fsp3) is 0.800. The molecule has 0 aromatic rings. The van der Waals surface area contributed by atoms with E-state index >= 15 is 0 Å². The van der Waals surface area contributed by atoms with E-state index < -0.39 is 5.60 Å². The van der Waals surface area contributed by atoms with Gasteiger partial charge in [0.05, 0.1) is 11.7 Å². The van der Waals surface area contributed by atoms with Crippen LogP contribution in [0.15, 0.2) is 24.3 Å². The predicted molar refractivity (Wildman–Crippen MR) is 94.7 cm³/mol. The monoisotopic (exact) mass is 308 g/mol. The molecule has 0 amide bonds. The summed E-state index contributed by atoms with van der Waals surface area (Å²) < 4.78 is 0. The number of aliphatic hydroxyl groups excluding tert-OH is 1. The second-order valence-corrected chi connectivity index (χ2v) is 8.51. The van der Waals surface area contributed by atoms with Crippen molar-refractivity contribution in [1.29, 1.82) is 0 Å². The van der Waals surface area contributed by atoms with Crippen LogP contribution in [0.2, 0.25) is 0 Å². The molecule has 2 N–H and O–H groups in total. The van der Waals surface area contributed by atoms with Crippen molar-refractivity contribution in [2.45, 2.75) is 85.4 Å². The summed E-state index contributed by atoms with van der Waals surface area (Å²) in [5, 5.41) is 19.3. The Morgan fingerprint density at radius 1 is 1.32 bits per heavy atom. The SMILES string of the molecule is C=CC(C)(O)CCC=C(C)C.CC1(C)[C@@H]2CC[C@@]1(C)[C@@H](O)C2. The first-order valence-corrected chi connectivity index (χ1v) is 8.63. The minimum Gasteiger partial charge on any atom is -0.393 e. The van der Waals surface area contributed by atoms with Gasteiger partial charge in [0.25, 0.3) is 0 Å². The van der Waals surface area contributed by atoms with Crippen molar-refractivity contribution in [3.63, 3.8) is 0 Å². The van der Waals surface area contributed by atoms with Crippen LogP contribution >= 0.6 is 0 Å². The van der Waals surface area contributed by atoms with Crippen LogP contribution < -0.4 is 0 Å². The maximum Gasteiger partial charge on any atom is 0.0800 e. The molecule has 0 aromatic heterocycles. The highest BCUT2D eigenvalue weighted by molar-refractivity contribution is 5.10. The smallest absolute Gasteiger partial charge is 0.0800 e. The Morgan fingerprint density at radius 3 is 2.18 bits per heavy atom. The van der Waals surface area contributed by atoms with Gasteiger partial charge in [0.1, 0.15) is 0 Å². The van der Waals surface area contributed by atoms with E-state index in [2.05, 4.69) is 47.3 Å². The molecule has 2 aliphatic carbocycles. The summed E-state index contributed by atoms with van der Waals surface area (Å²) in [5.74, 6) is 0.780. The third-order valence-corrected chi connectivity index (χ3v) is 6.39. The first kappa shape index (κ1) is 19.4. The van der Waals surface area contributed by atoms with Crippen LogP contribution in [0.5, 0.6) is 0 Å². The largest absolute Gasteiger partial charge is 0.393 e. The van der Waals surface area contributed by atoms with Gasteiger partial charge < -0.3 is 10.2 Å². The molecule has 0 aromatic carbocycles. The van der Waals surface area contributed by atoms with E-state index in [1.54, 1.807) is 13.0 Å². The number of aliphatic hydroxyl groups is 2. The summed E-state index contributed by atoms with van der Waals surface area (Å²) in [6.45, 7) is 16.3. The molecule has 0 saturated heterocycles. The molecule has 2 bridgehead atoms. The zero-order valence-corrected chi connectivity index (χ0v) is 15.4. The minimum absolute atomic E-state index is 0.0313. The Morgan fingerprint density at radius 2 is 1.91 bits per heavy atom. The molecule has 2 saturated carbocycles. The summed E-state index contributed by atoms with van der Waals surface area (Å²) in [4.78, 5) is 0. The van der Waals surface area contributed by atoms with Gasteiger partial charge in [0, 0.05) is 0 Å². The fourth-order valence-electron chi connectivity index (χ4n) is 3.92. The molecule has 0 heterocycles. The summed E-state index contributed by atoms with van der Waals surface area (Å²) in [7, 11) is 0. The van der Waals surface area contributed by atoms with Crippen molar-refractivity contribution in [3.8, 4) is 0 Å². The molecule has 0 aliphatic heterocycles. The van der Waals surface area contributed by atoms with Crippen LogP contribution in [0.25, 0.3) is 0 Å². The number of fused-ring (bicyclic) bond motifs is 2. The standard InChI is InChI=1S/2C10H18O/c1-9(2)7-4-5-10(9,3)8(11)6-7;1-5-10(4,11)8-6-7-9(2)3/h7-8,11H,4-6H2,1-3H3;5,7,11H,1,6,8H2,2-4H3/t7-,8+,10+;/m1./s1. The van der Waals surface area contributed by atoms with Gasteiger partial charge in [-0.3, -0.25) is 0 Å². The Labute approximate surface area is 137 Å². The van der Waals surface area contributed by atoms with E-state index in [0.717, 1.165) is 25.2 Å². The quantitative estimate of drug-likeness (QED) is 0.728. The summed E-state index contributed by atoms with van der Waals surface area (Å²) in [6, 6.07) is 0. The van der Waals surface area contributed by atoms with E-state index in [4.69, 9.17) is 0 Å². The Kier molecular flexibility index (Phi) is 6.08. The van der Waals surface area contributed by atoms with E-state index in [1.165, 1.54) is 18.4 Å². The highest BCUT2D eigenvalue weighted by atomic mass is 16.3. The molecule has 22 heavy (non-hydrogen) atoms. The Hall–Kier alpha value is -0.600. The normalized spacial score (nSPS) is 34.4.